The summed E-state index contributed by atoms with van der Waals surface area (Å²) in [6.07, 6.45) is 1.12. The van der Waals surface area contributed by atoms with Crippen LogP contribution in [0.4, 0.5) is 5.69 Å². The molecule has 0 amide bonds. The first kappa shape index (κ1) is 25.2. The Morgan fingerprint density at radius 1 is 1.18 bits per heavy atom. The normalized spacial score (nSPS) is 13.1. The number of nitrogens with two attached hydrogens (primary N) is 1. The van der Waals surface area contributed by atoms with Gasteiger partial charge < -0.3 is 14.9 Å². The lowest BCUT2D eigenvalue weighted by Crippen LogP contribution is -2.12. The molecule has 1 aromatic heterocycles. The number of para-hydroxylation sites is 1. The molecule has 0 aliphatic carbocycles. The predicted octanol–water partition coefficient (Wildman–Crippen LogP) is 4.95. The third-order valence-electron chi connectivity index (χ3n) is 4.92. The van der Waals surface area contributed by atoms with E-state index in [0.717, 1.165) is 11.8 Å². The van der Waals surface area contributed by atoms with Gasteiger partial charge in [-0.3, -0.25) is 0 Å². The van der Waals surface area contributed by atoms with Crippen molar-refractivity contribution in [3.63, 3.8) is 0 Å². The minimum absolute atomic E-state index is 0.00447. The van der Waals surface area contributed by atoms with Gasteiger partial charge in [0.1, 0.15) is 11.5 Å². The van der Waals surface area contributed by atoms with E-state index < -0.39 is 9.84 Å². The van der Waals surface area contributed by atoms with Gasteiger partial charge in [-0.15, -0.1) is 10.2 Å². The number of nitrogens with zero attached hydrogens (tertiary/aromatic N) is 3. The molecule has 178 valence electrons. The van der Waals surface area contributed by atoms with E-state index in [1.165, 1.54) is 19.2 Å². The molecule has 0 radical (unpaired) electrons. The number of aromatic nitrogens is 2. The van der Waals surface area contributed by atoms with Gasteiger partial charge in [0.05, 0.1) is 28.4 Å². The van der Waals surface area contributed by atoms with Crippen LogP contribution in [0.3, 0.4) is 0 Å². The molecule has 2 aromatic carbocycles. The zero-order chi connectivity index (χ0) is 25.0. The van der Waals surface area contributed by atoms with E-state index in [2.05, 4.69) is 16.8 Å². The number of rotatable bonds is 8. The smallest absolute Gasteiger partial charge is 0.268 e. The Kier molecular flexibility index (Phi) is 7.58. The summed E-state index contributed by atoms with van der Waals surface area (Å²) in [4.78, 5) is 4.84. The molecule has 3 aromatic rings. The van der Waals surface area contributed by atoms with E-state index in [-0.39, 0.29) is 44.8 Å². The highest BCUT2D eigenvalue weighted by atomic mass is 35.5. The molecule has 0 saturated carbocycles. The zero-order valence-corrected chi connectivity index (χ0v) is 20.8. The molecule has 0 saturated heterocycles. The molecule has 3 rings (SSSR count). The van der Waals surface area contributed by atoms with Crippen LogP contribution in [-0.2, 0) is 14.6 Å². The number of methoxy groups -OCH3 is 1. The van der Waals surface area contributed by atoms with Gasteiger partial charge in [0.2, 0.25) is 5.89 Å². The van der Waals surface area contributed by atoms with E-state index in [9.17, 15) is 8.42 Å². The third kappa shape index (κ3) is 5.55. The number of hydrogen-bond donors (Lipinski definition) is 1. The van der Waals surface area contributed by atoms with Crippen LogP contribution in [0.5, 0.6) is 0 Å². The summed E-state index contributed by atoms with van der Waals surface area (Å²) in [6, 6.07) is 13.8. The Labute approximate surface area is 203 Å². The molecular weight excluding hydrogens is 476 g/mol. The monoisotopic (exact) mass is 500 g/mol. The number of allylic oxidation sites excluding steroid dienone is 1. The van der Waals surface area contributed by atoms with E-state index in [0.29, 0.717) is 11.3 Å². The first-order valence-corrected chi connectivity index (χ1v) is 12.5. The van der Waals surface area contributed by atoms with Crippen molar-refractivity contribution in [1.29, 1.82) is 0 Å². The molecule has 0 aliphatic rings. The number of benzene rings is 2. The van der Waals surface area contributed by atoms with Gasteiger partial charge in [0, 0.05) is 11.8 Å². The molecular formula is C24H25ClN4O4S. The van der Waals surface area contributed by atoms with Gasteiger partial charge >= 0.3 is 0 Å². The molecule has 0 bridgehead atoms. The van der Waals surface area contributed by atoms with Crippen LogP contribution < -0.4 is 5.73 Å². The van der Waals surface area contributed by atoms with Gasteiger partial charge in [-0.25, -0.2) is 13.4 Å². The molecule has 0 unspecified atom stereocenters. The summed E-state index contributed by atoms with van der Waals surface area (Å²) in [5.41, 5.74) is 8.38. The minimum atomic E-state index is -3.42. The Balaban J connectivity index is 2.19. The molecule has 0 atom stereocenters. The fourth-order valence-electron chi connectivity index (χ4n) is 3.04. The second kappa shape index (κ2) is 10.2. The van der Waals surface area contributed by atoms with Crippen molar-refractivity contribution in [1.82, 2.24) is 10.2 Å². The molecule has 10 heteroatoms. The molecule has 0 aliphatic heterocycles. The first-order chi connectivity index (χ1) is 16.0. The molecule has 0 fully saturated rings. The Hall–Kier alpha value is -3.43. The van der Waals surface area contributed by atoms with Gasteiger partial charge in [0.15, 0.2) is 9.84 Å². The Bertz CT molecular complexity index is 1390. The lowest BCUT2D eigenvalue weighted by atomic mass is 10.0. The summed E-state index contributed by atoms with van der Waals surface area (Å²) in [7, 11) is -2.00. The topological polar surface area (TPSA) is 121 Å². The van der Waals surface area contributed by atoms with Crippen LogP contribution in [-0.4, -0.2) is 37.7 Å². The summed E-state index contributed by atoms with van der Waals surface area (Å²) < 4.78 is 34.8. The van der Waals surface area contributed by atoms with Crippen molar-refractivity contribution >= 4 is 32.8 Å². The summed E-state index contributed by atoms with van der Waals surface area (Å²) in [6.45, 7) is 7.84. The minimum Gasteiger partial charge on any atom is -0.495 e. The fourth-order valence-corrected chi connectivity index (χ4v) is 3.94. The van der Waals surface area contributed by atoms with E-state index >= 15 is 0 Å². The SMILES string of the molecule is C=C(OC)C(N)=C(Cl)C(=Nc1ccccc1C(C)C)c1nnc(-c2cccc(S(C)(=O)=O)c2)o1. The predicted molar refractivity (Wildman–Crippen MR) is 133 cm³/mol. The van der Waals surface area contributed by atoms with E-state index in [4.69, 9.17) is 31.5 Å². The second-order valence-corrected chi connectivity index (χ2v) is 10.1. The summed E-state index contributed by atoms with van der Waals surface area (Å²) in [5.74, 6) is 0.428. The summed E-state index contributed by atoms with van der Waals surface area (Å²) >= 11 is 6.60. The maximum Gasteiger partial charge on any atom is 0.268 e. The van der Waals surface area contributed by atoms with E-state index in [1.54, 1.807) is 12.1 Å². The van der Waals surface area contributed by atoms with Gasteiger partial charge in [0.25, 0.3) is 5.89 Å². The Morgan fingerprint density at radius 3 is 2.53 bits per heavy atom. The zero-order valence-electron chi connectivity index (χ0n) is 19.2. The van der Waals surface area contributed by atoms with Gasteiger partial charge in [-0.05, 0) is 35.7 Å². The van der Waals surface area contributed by atoms with Gasteiger partial charge in [-0.1, -0.05) is 56.3 Å². The fraction of sp³-hybridized carbons (Fsp3) is 0.208. The van der Waals surface area contributed by atoms with Crippen molar-refractivity contribution < 1.29 is 17.6 Å². The van der Waals surface area contributed by atoms with Crippen LogP contribution in [0.2, 0.25) is 0 Å². The lowest BCUT2D eigenvalue weighted by Gasteiger charge is -2.11. The van der Waals surface area contributed by atoms with Crippen molar-refractivity contribution in [3.05, 3.63) is 83.1 Å². The Morgan fingerprint density at radius 2 is 1.88 bits per heavy atom. The molecule has 2 N–H and O–H groups in total. The quantitative estimate of drug-likeness (QED) is 0.264. The van der Waals surface area contributed by atoms with Crippen molar-refractivity contribution in [2.75, 3.05) is 13.4 Å². The highest BCUT2D eigenvalue weighted by Gasteiger charge is 2.22. The second-order valence-electron chi connectivity index (χ2n) is 7.74. The number of ether oxygens (including phenoxy) is 1. The number of halogens is 1. The molecule has 8 nitrogen and oxygen atoms in total. The van der Waals surface area contributed by atoms with Crippen LogP contribution in [0.15, 0.2) is 85.9 Å². The highest BCUT2D eigenvalue weighted by Crippen LogP contribution is 2.30. The molecule has 1 heterocycles. The van der Waals surface area contributed by atoms with Crippen LogP contribution >= 0.6 is 11.6 Å². The van der Waals surface area contributed by atoms with Crippen molar-refractivity contribution in [2.45, 2.75) is 24.7 Å². The van der Waals surface area contributed by atoms with Gasteiger partial charge in [-0.2, -0.15) is 0 Å². The third-order valence-corrected chi connectivity index (χ3v) is 6.41. The maximum atomic E-state index is 11.9. The number of aliphatic imine (C=N–C) groups is 1. The number of sulfone groups is 1. The average molecular weight is 501 g/mol. The standard InChI is InChI=1S/C24H25ClN4O4S/c1-14(2)18-11-6-7-12-19(18)27-22(20(25)21(26)15(3)32-4)24-29-28-23(33-24)16-9-8-10-17(13-16)34(5,30)31/h6-14H,3,26H2,1-2,4-5H3. The number of hydrogen-bond acceptors (Lipinski definition) is 8. The van der Waals surface area contributed by atoms with Crippen LogP contribution in [0.25, 0.3) is 11.5 Å². The van der Waals surface area contributed by atoms with Crippen molar-refractivity contribution in [3.8, 4) is 11.5 Å². The van der Waals surface area contributed by atoms with Crippen LogP contribution in [0, 0.1) is 0 Å². The highest BCUT2D eigenvalue weighted by molar-refractivity contribution is 7.90. The molecule has 0 spiro atoms. The van der Waals surface area contributed by atoms with Crippen molar-refractivity contribution in [2.24, 2.45) is 10.7 Å². The summed E-state index contributed by atoms with van der Waals surface area (Å²) in [5, 5.41) is 8.19. The first-order valence-electron chi connectivity index (χ1n) is 10.2. The molecule has 34 heavy (non-hydrogen) atoms. The van der Waals surface area contributed by atoms with Crippen LogP contribution in [0.1, 0.15) is 31.2 Å². The lowest BCUT2D eigenvalue weighted by molar-refractivity contribution is 0.302. The maximum absolute atomic E-state index is 11.9. The average Bonchev–Trinajstić information content (AvgIpc) is 3.30. The largest absolute Gasteiger partial charge is 0.495 e. The van der Waals surface area contributed by atoms with E-state index in [1.807, 2.05) is 38.1 Å².